The lowest BCUT2D eigenvalue weighted by Crippen LogP contribution is -2.26. The first-order chi connectivity index (χ1) is 16.4. The van der Waals surface area contributed by atoms with E-state index in [1.54, 1.807) is 11.8 Å². The van der Waals surface area contributed by atoms with Crippen LogP contribution in [-0.2, 0) is 16.6 Å². The molecule has 1 N–H and O–H groups in total. The van der Waals surface area contributed by atoms with Gasteiger partial charge in [-0.2, -0.15) is 4.31 Å². The summed E-state index contributed by atoms with van der Waals surface area (Å²) >= 11 is 1.62. The lowest BCUT2D eigenvalue weighted by molar-refractivity contribution is 0.102. The Kier molecular flexibility index (Phi) is 7.11. The molecule has 0 saturated heterocycles. The van der Waals surface area contributed by atoms with Crippen molar-refractivity contribution >= 4 is 33.7 Å². The minimum Gasteiger partial charge on any atom is -0.403 e. The van der Waals surface area contributed by atoms with Crippen LogP contribution in [0.5, 0.6) is 0 Å². The monoisotopic (exact) mass is 494 g/mol. The topological polar surface area (TPSA) is 105 Å². The third kappa shape index (κ3) is 5.36. The Morgan fingerprint density at radius 3 is 2.29 bits per heavy atom. The van der Waals surface area contributed by atoms with Gasteiger partial charge < -0.3 is 4.42 Å². The molecule has 0 fully saturated rings. The summed E-state index contributed by atoms with van der Waals surface area (Å²) in [5, 5.41) is 10.4. The molecule has 1 heterocycles. The number of aromatic nitrogens is 2. The normalized spacial score (nSPS) is 11.5. The SMILES string of the molecule is CSc1ccc(-c2nnc(NC(=O)c3ccc(S(=O)(=O)N(C)Cc4ccccc4)cc3)o2)cc1. The van der Waals surface area contributed by atoms with Gasteiger partial charge in [-0.05, 0) is 60.4 Å². The smallest absolute Gasteiger partial charge is 0.322 e. The number of carbonyl (C=O) groups is 1. The molecule has 0 atom stereocenters. The fraction of sp³-hybridized carbons (Fsp3) is 0.125. The average molecular weight is 495 g/mol. The number of nitrogens with zero attached hydrogens (tertiary/aromatic N) is 3. The molecule has 3 aromatic carbocycles. The Morgan fingerprint density at radius 1 is 0.971 bits per heavy atom. The molecule has 0 radical (unpaired) electrons. The van der Waals surface area contributed by atoms with Crippen LogP contribution >= 0.6 is 11.8 Å². The maximum Gasteiger partial charge on any atom is 0.322 e. The van der Waals surface area contributed by atoms with Crippen molar-refractivity contribution in [1.82, 2.24) is 14.5 Å². The summed E-state index contributed by atoms with van der Waals surface area (Å²) in [5.41, 5.74) is 1.87. The van der Waals surface area contributed by atoms with Crippen LogP contribution in [-0.4, -0.2) is 42.1 Å². The summed E-state index contributed by atoms with van der Waals surface area (Å²) < 4.78 is 32.6. The Hall–Kier alpha value is -3.47. The summed E-state index contributed by atoms with van der Waals surface area (Å²) in [6, 6.07) is 22.6. The maximum absolute atomic E-state index is 12.9. The molecule has 34 heavy (non-hydrogen) atoms. The lowest BCUT2D eigenvalue weighted by atomic mass is 10.2. The summed E-state index contributed by atoms with van der Waals surface area (Å²) in [7, 11) is -2.19. The quantitative estimate of drug-likeness (QED) is 0.359. The van der Waals surface area contributed by atoms with Gasteiger partial charge in [0, 0.05) is 29.6 Å². The van der Waals surface area contributed by atoms with Crippen molar-refractivity contribution in [2.45, 2.75) is 16.3 Å². The third-order valence-electron chi connectivity index (χ3n) is 5.06. The standard InChI is InChI=1S/C24H22N4O4S2/c1-28(16-17-6-4-3-5-7-17)34(30,31)21-14-10-18(11-15-21)22(29)25-24-27-26-23(32-24)19-8-12-20(33-2)13-9-19/h3-15H,16H2,1-2H3,(H,25,27,29). The van der Waals surface area contributed by atoms with Gasteiger partial charge in [-0.15, -0.1) is 16.9 Å². The van der Waals surface area contributed by atoms with Gasteiger partial charge in [0.25, 0.3) is 5.91 Å². The van der Waals surface area contributed by atoms with E-state index in [2.05, 4.69) is 15.5 Å². The average Bonchev–Trinajstić information content (AvgIpc) is 3.33. The summed E-state index contributed by atoms with van der Waals surface area (Å²) in [5.74, 6) is -0.208. The van der Waals surface area contributed by atoms with Gasteiger partial charge in [-0.25, -0.2) is 8.42 Å². The molecule has 4 aromatic rings. The Bertz CT molecular complexity index is 1370. The highest BCUT2D eigenvalue weighted by molar-refractivity contribution is 7.98. The van der Waals surface area contributed by atoms with Crippen LogP contribution in [0.1, 0.15) is 15.9 Å². The van der Waals surface area contributed by atoms with Crippen molar-refractivity contribution in [1.29, 1.82) is 0 Å². The maximum atomic E-state index is 12.9. The van der Waals surface area contributed by atoms with Crippen LogP contribution in [0.3, 0.4) is 0 Å². The van der Waals surface area contributed by atoms with E-state index < -0.39 is 15.9 Å². The molecule has 0 unspecified atom stereocenters. The first kappa shape index (κ1) is 23.7. The van der Waals surface area contributed by atoms with E-state index >= 15 is 0 Å². The second-order valence-electron chi connectivity index (χ2n) is 7.37. The second-order valence-corrected chi connectivity index (χ2v) is 10.3. The van der Waals surface area contributed by atoms with Crippen LogP contribution in [0.4, 0.5) is 6.01 Å². The van der Waals surface area contributed by atoms with Crippen LogP contribution in [0.25, 0.3) is 11.5 Å². The number of sulfonamides is 1. The van der Waals surface area contributed by atoms with Crippen molar-refractivity contribution in [3.8, 4) is 11.5 Å². The number of nitrogens with one attached hydrogen (secondary N) is 1. The van der Waals surface area contributed by atoms with E-state index in [9.17, 15) is 13.2 Å². The van der Waals surface area contributed by atoms with E-state index in [1.165, 1.54) is 35.6 Å². The Labute approximate surface area is 202 Å². The zero-order valence-corrected chi connectivity index (χ0v) is 20.1. The number of rotatable bonds is 8. The predicted molar refractivity (Wildman–Crippen MR) is 131 cm³/mol. The summed E-state index contributed by atoms with van der Waals surface area (Å²) in [6.45, 7) is 0.241. The highest BCUT2D eigenvalue weighted by Gasteiger charge is 2.21. The van der Waals surface area contributed by atoms with Crippen LogP contribution in [0.2, 0.25) is 0 Å². The molecule has 0 aliphatic carbocycles. The molecule has 174 valence electrons. The fourth-order valence-corrected chi connectivity index (χ4v) is 4.74. The van der Waals surface area contributed by atoms with Gasteiger partial charge in [0.15, 0.2) is 0 Å². The zero-order valence-electron chi connectivity index (χ0n) is 18.5. The van der Waals surface area contributed by atoms with Crippen molar-refractivity contribution in [3.05, 3.63) is 90.0 Å². The molecular formula is C24H22N4O4S2. The Balaban J connectivity index is 1.42. The number of anilines is 1. The molecule has 4 rings (SSSR count). The van der Waals surface area contributed by atoms with E-state index in [4.69, 9.17) is 4.42 Å². The summed E-state index contributed by atoms with van der Waals surface area (Å²) in [4.78, 5) is 13.8. The van der Waals surface area contributed by atoms with Crippen LogP contribution < -0.4 is 5.32 Å². The Morgan fingerprint density at radius 2 is 1.65 bits per heavy atom. The van der Waals surface area contributed by atoms with Gasteiger partial charge >= 0.3 is 6.01 Å². The molecule has 1 aromatic heterocycles. The molecule has 1 amide bonds. The molecule has 0 aliphatic rings. The van der Waals surface area contributed by atoms with E-state index in [0.717, 1.165) is 16.0 Å². The van der Waals surface area contributed by atoms with Gasteiger partial charge in [0.1, 0.15) is 0 Å². The minimum atomic E-state index is -3.71. The number of hydrogen-bond donors (Lipinski definition) is 1. The number of benzene rings is 3. The molecule has 0 saturated carbocycles. The van der Waals surface area contributed by atoms with Gasteiger partial charge in [0.2, 0.25) is 15.9 Å². The van der Waals surface area contributed by atoms with Crippen LogP contribution in [0, 0.1) is 0 Å². The van der Waals surface area contributed by atoms with Crippen LogP contribution in [0.15, 0.2) is 93.1 Å². The third-order valence-corrected chi connectivity index (χ3v) is 7.62. The van der Waals surface area contributed by atoms with Crippen molar-refractivity contribution in [3.63, 3.8) is 0 Å². The molecule has 0 bridgehead atoms. The number of hydrogen-bond acceptors (Lipinski definition) is 7. The van der Waals surface area contributed by atoms with Crippen molar-refractivity contribution < 1.29 is 17.6 Å². The lowest BCUT2D eigenvalue weighted by Gasteiger charge is -2.17. The molecule has 8 nitrogen and oxygen atoms in total. The second kappa shape index (κ2) is 10.2. The van der Waals surface area contributed by atoms with Crippen molar-refractivity contribution in [2.75, 3.05) is 18.6 Å². The summed E-state index contributed by atoms with van der Waals surface area (Å²) in [6.07, 6.45) is 1.99. The van der Waals surface area contributed by atoms with Gasteiger partial charge in [-0.3, -0.25) is 10.1 Å². The van der Waals surface area contributed by atoms with E-state index in [1.807, 2.05) is 60.9 Å². The largest absolute Gasteiger partial charge is 0.403 e. The number of thioether (sulfide) groups is 1. The fourth-order valence-electron chi connectivity index (χ4n) is 3.18. The molecule has 10 heteroatoms. The molecule has 0 spiro atoms. The first-order valence-corrected chi connectivity index (χ1v) is 12.9. The predicted octanol–water partition coefficient (Wildman–Crippen LogP) is 4.53. The van der Waals surface area contributed by atoms with E-state index in [0.29, 0.717) is 0 Å². The number of amides is 1. The number of carbonyl (C=O) groups excluding carboxylic acids is 1. The van der Waals surface area contributed by atoms with Gasteiger partial charge in [-0.1, -0.05) is 35.4 Å². The zero-order chi connectivity index (χ0) is 24.1. The first-order valence-electron chi connectivity index (χ1n) is 10.3. The van der Waals surface area contributed by atoms with E-state index in [-0.39, 0.29) is 28.9 Å². The molecule has 0 aliphatic heterocycles. The highest BCUT2D eigenvalue weighted by Crippen LogP contribution is 2.24. The highest BCUT2D eigenvalue weighted by atomic mass is 32.2. The van der Waals surface area contributed by atoms with Crippen molar-refractivity contribution in [2.24, 2.45) is 0 Å². The minimum absolute atomic E-state index is 0.0479. The van der Waals surface area contributed by atoms with Gasteiger partial charge in [0.05, 0.1) is 4.90 Å². The molecular weight excluding hydrogens is 472 g/mol.